The highest BCUT2D eigenvalue weighted by Gasteiger charge is 2.32. The molecule has 0 amide bonds. The van der Waals surface area contributed by atoms with Crippen molar-refractivity contribution >= 4 is 17.7 Å². The van der Waals surface area contributed by atoms with Crippen molar-refractivity contribution in [2.75, 3.05) is 14.2 Å². The van der Waals surface area contributed by atoms with Crippen LogP contribution < -0.4 is 0 Å². The fraction of sp³-hybridized carbons (Fsp3) is 0.731. The molecule has 8 atom stereocenters. The molecule has 0 bridgehead atoms. The van der Waals surface area contributed by atoms with Gasteiger partial charge in [0.15, 0.2) is 6.10 Å². The monoisotopic (exact) mass is 482 g/mol. The normalized spacial score (nSPS) is 30.7. The van der Waals surface area contributed by atoms with Gasteiger partial charge < -0.3 is 24.4 Å². The number of ketones is 1. The van der Waals surface area contributed by atoms with Gasteiger partial charge in [0.25, 0.3) is 0 Å². The van der Waals surface area contributed by atoms with E-state index in [1.165, 1.54) is 20.3 Å². The number of methoxy groups -OCH3 is 2. The Morgan fingerprint density at radius 1 is 1.18 bits per heavy atom. The average molecular weight is 483 g/mol. The first-order chi connectivity index (χ1) is 15.9. The summed E-state index contributed by atoms with van der Waals surface area (Å²) in [6.45, 7) is 9.25. The van der Waals surface area contributed by atoms with E-state index in [2.05, 4.69) is 4.74 Å². The van der Waals surface area contributed by atoms with Gasteiger partial charge in [-0.1, -0.05) is 52.3 Å². The summed E-state index contributed by atoms with van der Waals surface area (Å²) in [5.41, 5.74) is 0.693. The summed E-state index contributed by atoms with van der Waals surface area (Å²) in [4.78, 5) is 37.2. The lowest BCUT2D eigenvalue weighted by Crippen LogP contribution is -2.39. The van der Waals surface area contributed by atoms with Crippen molar-refractivity contribution in [1.82, 2.24) is 0 Å². The minimum Gasteiger partial charge on any atom is -0.469 e. The molecule has 0 aromatic heterocycles. The van der Waals surface area contributed by atoms with Gasteiger partial charge in [-0.3, -0.25) is 9.59 Å². The predicted octanol–water partition coefficient (Wildman–Crippen LogP) is 3.00. The van der Waals surface area contributed by atoms with Gasteiger partial charge in [0, 0.05) is 18.9 Å². The number of cyclic esters (lactones) is 1. The summed E-state index contributed by atoms with van der Waals surface area (Å²) in [6, 6.07) is 0. The second-order valence-corrected chi connectivity index (χ2v) is 9.51. The third-order valence-electron chi connectivity index (χ3n) is 6.60. The molecule has 1 aliphatic rings. The maximum Gasteiger partial charge on any atom is 0.338 e. The van der Waals surface area contributed by atoms with Crippen LogP contribution in [0.25, 0.3) is 0 Å². The van der Waals surface area contributed by atoms with E-state index in [0.717, 1.165) is 19.3 Å². The number of hydrogen-bond acceptors (Lipinski definition) is 8. The van der Waals surface area contributed by atoms with E-state index in [1.54, 1.807) is 32.9 Å². The van der Waals surface area contributed by atoms with E-state index in [9.17, 15) is 24.6 Å². The molecule has 0 unspecified atom stereocenters. The average Bonchev–Trinajstić information content (AvgIpc) is 2.81. The van der Waals surface area contributed by atoms with Crippen molar-refractivity contribution in [1.29, 1.82) is 0 Å². The van der Waals surface area contributed by atoms with Crippen LogP contribution in [0.4, 0.5) is 0 Å². The molecule has 0 saturated carbocycles. The molecule has 8 nitrogen and oxygen atoms in total. The standard InChI is InChI=1S/C26H42O8/c1-15-9-8-10-16(2)25(34-26(31)24(30)20(27)12-11-15)18(4)13-17(3)23(29)19(5)21(32-6)14-22(28)33-7/h11-13,15-17,19-21,24-25,27,30H,8-10,14H2,1-7H3/b12-11-,18-13+/t15-,16+,17-,19-,20-,21-,24-,25+/m1/s1. The summed E-state index contributed by atoms with van der Waals surface area (Å²) >= 11 is 0. The molecular formula is C26H42O8. The number of carbonyl (C=O) groups is 3. The Morgan fingerprint density at radius 2 is 1.82 bits per heavy atom. The highest BCUT2D eigenvalue weighted by molar-refractivity contribution is 5.85. The number of ether oxygens (including phenoxy) is 3. The summed E-state index contributed by atoms with van der Waals surface area (Å²) < 4.78 is 15.7. The number of hydrogen-bond donors (Lipinski definition) is 2. The summed E-state index contributed by atoms with van der Waals surface area (Å²) in [5.74, 6) is -2.38. The molecule has 1 aliphatic heterocycles. The molecule has 1 rings (SSSR count). The second-order valence-electron chi connectivity index (χ2n) is 9.51. The number of aliphatic hydroxyl groups is 2. The molecule has 0 aliphatic carbocycles. The number of carbonyl (C=O) groups excluding carboxylic acids is 3. The van der Waals surface area contributed by atoms with E-state index in [1.807, 2.05) is 13.8 Å². The van der Waals surface area contributed by atoms with Crippen molar-refractivity contribution in [3.63, 3.8) is 0 Å². The maximum absolute atomic E-state index is 13.1. The van der Waals surface area contributed by atoms with E-state index in [-0.39, 0.29) is 24.0 Å². The van der Waals surface area contributed by atoms with Gasteiger partial charge >= 0.3 is 11.9 Å². The number of allylic oxidation sites excluding steroid dienone is 2. The minimum atomic E-state index is -1.69. The minimum absolute atomic E-state index is 0.0281. The van der Waals surface area contributed by atoms with Gasteiger partial charge in [-0.05, 0) is 37.2 Å². The first-order valence-electron chi connectivity index (χ1n) is 12.0. The maximum atomic E-state index is 13.1. The molecule has 2 N–H and O–H groups in total. The van der Waals surface area contributed by atoms with Crippen molar-refractivity contribution in [2.45, 2.75) is 84.7 Å². The number of rotatable bonds is 8. The van der Waals surface area contributed by atoms with Crippen molar-refractivity contribution in [3.05, 3.63) is 23.8 Å². The second kappa shape index (κ2) is 14.4. The largest absolute Gasteiger partial charge is 0.469 e. The lowest BCUT2D eigenvalue weighted by Gasteiger charge is -2.28. The fourth-order valence-electron chi connectivity index (χ4n) is 4.29. The van der Waals surface area contributed by atoms with E-state index < -0.39 is 48.2 Å². The third kappa shape index (κ3) is 8.96. The molecular weight excluding hydrogens is 440 g/mol. The van der Waals surface area contributed by atoms with Crippen LogP contribution in [-0.2, 0) is 28.6 Å². The van der Waals surface area contributed by atoms with Crippen LogP contribution in [0.3, 0.4) is 0 Å². The molecule has 0 fully saturated rings. The Hall–Kier alpha value is -2.03. The van der Waals surface area contributed by atoms with E-state index >= 15 is 0 Å². The van der Waals surface area contributed by atoms with Gasteiger partial charge in [0.2, 0.25) is 0 Å². The van der Waals surface area contributed by atoms with Gasteiger partial charge in [0.1, 0.15) is 18.0 Å². The van der Waals surface area contributed by atoms with Gasteiger partial charge in [-0.15, -0.1) is 0 Å². The first-order valence-corrected chi connectivity index (χ1v) is 12.0. The highest BCUT2D eigenvalue weighted by Crippen LogP contribution is 2.27. The molecule has 0 spiro atoms. The van der Waals surface area contributed by atoms with Gasteiger partial charge in [-0.25, -0.2) is 4.79 Å². The van der Waals surface area contributed by atoms with Crippen LogP contribution in [0, 0.1) is 23.7 Å². The molecule has 0 radical (unpaired) electrons. The Balaban J connectivity index is 3.08. The van der Waals surface area contributed by atoms with Crippen molar-refractivity contribution in [3.8, 4) is 0 Å². The van der Waals surface area contributed by atoms with Crippen molar-refractivity contribution in [2.24, 2.45) is 23.7 Å². The predicted molar refractivity (Wildman–Crippen MR) is 128 cm³/mol. The zero-order valence-corrected chi connectivity index (χ0v) is 21.5. The molecule has 0 saturated heterocycles. The molecule has 8 heteroatoms. The lowest BCUT2D eigenvalue weighted by molar-refractivity contribution is -0.164. The Labute approximate surface area is 203 Å². The summed E-state index contributed by atoms with van der Waals surface area (Å²) in [7, 11) is 2.74. The zero-order valence-electron chi connectivity index (χ0n) is 21.5. The fourth-order valence-corrected chi connectivity index (χ4v) is 4.29. The summed E-state index contributed by atoms with van der Waals surface area (Å²) in [6.07, 6.45) is 3.27. The van der Waals surface area contributed by atoms with E-state index in [4.69, 9.17) is 9.47 Å². The number of esters is 2. The third-order valence-corrected chi connectivity index (χ3v) is 6.60. The van der Waals surface area contributed by atoms with Gasteiger partial charge in [0.05, 0.1) is 19.6 Å². The Kier molecular flexibility index (Phi) is 12.7. The zero-order chi connectivity index (χ0) is 26.0. The van der Waals surface area contributed by atoms with Crippen LogP contribution in [0.5, 0.6) is 0 Å². The highest BCUT2D eigenvalue weighted by atomic mass is 16.6. The van der Waals surface area contributed by atoms with Crippen molar-refractivity contribution < 1.29 is 38.8 Å². The Bertz CT molecular complexity index is 743. The SMILES string of the molecule is COC(=O)C[C@@H](OC)[C@@H](C)C(=O)[C@H](C)/C=C(\C)[C@H]1OC(=O)[C@H](O)[C@H](O)/C=C\[C@H](C)CCC[C@@H]1C. The van der Waals surface area contributed by atoms with Crippen LogP contribution in [-0.4, -0.2) is 66.6 Å². The lowest BCUT2D eigenvalue weighted by atomic mass is 9.86. The smallest absolute Gasteiger partial charge is 0.338 e. The van der Waals surface area contributed by atoms with Crippen LogP contribution in [0.1, 0.15) is 60.3 Å². The van der Waals surface area contributed by atoms with E-state index in [0.29, 0.717) is 5.57 Å². The van der Waals surface area contributed by atoms with Crippen LogP contribution >= 0.6 is 0 Å². The molecule has 194 valence electrons. The first kappa shape index (κ1) is 30.0. The van der Waals surface area contributed by atoms with Crippen LogP contribution in [0.2, 0.25) is 0 Å². The van der Waals surface area contributed by atoms with Gasteiger partial charge in [-0.2, -0.15) is 0 Å². The molecule has 34 heavy (non-hydrogen) atoms. The topological polar surface area (TPSA) is 119 Å². The molecule has 0 aromatic rings. The summed E-state index contributed by atoms with van der Waals surface area (Å²) in [5, 5.41) is 20.4. The molecule has 1 heterocycles. The quantitative estimate of drug-likeness (QED) is 0.400. The molecule has 0 aromatic carbocycles. The number of Topliss-reactive ketones (excluding diaryl/α,β-unsaturated/α-hetero) is 1. The number of aliphatic hydroxyl groups excluding tert-OH is 2. The Morgan fingerprint density at radius 3 is 2.41 bits per heavy atom. The van der Waals surface area contributed by atoms with Crippen LogP contribution in [0.15, 0.2) is 23.8 Å².